The molecule has 33 heavy (non-hydrogen) atoms. The quantitative estimate of drug-likeness (QED) is 0.289. The number of benzene rings is 2. The fourth-order valence-electron chi connectivity index (χ4n) is 3.74. The minimum atomic E-state index is -0.599. The third kappa shape index (κ3) is 4.33. The van der Waals surface area contributed by atoms with Crippen LogP contribution in [0.2, 0.25) is 0 Å². The molecule has 2 heterocycles. The van der Waals surface area contributed by atoms with E-state index in [2.05, 4.69) is 11.2 Å². The van der Waals surface area contributed by atoms with E-state index in [1.54, 1.807) is 16.7 Å². The maximum Gasteiger partial charge on any atom is 0.277 e. The standard InChI is InChI=1S/C24H24N4O4S/c1-24(2,15-25)16-5-7-17(8-6-16)27-14-13-20-21(23(27)29)28(26-22(20)33-32-31-4)18-9-11-19(30-3)12-10-18/h5-12H,13-14H2,1-4H3. The van der Waals surface area contributed by atoms with Crippen molar-refractivity contribution in [3.63, 3.8) is 0 Å². The summed E-state index contributed by atoms with van der Waals surface area (Å²) in [4.78, 5) is 20.1. The lowest BCUT2D eigenvalue weighted by Crippen LogP contribution is -2.38. The maximum absolute atomic E-state index is 13.7. The zero-order valence-electron chi connectivity index (χ0n) is 18.9. The molecule has 1 aliphatic heterocycles. The number of hydrogen-bond acceptors (Lipinski definition) is 7. The van der Waals surface area contributed by atoms with Crippen LogP contribution in [0.4, 0.5) is 5.69 Å². The highest BCUT2D eigenvalue weighted by Gasteiger charge is 2.34. The lowest BCUT2D eigenvalue weighted by molar-refractivity contribution is -0.160. The molecule has 0 spiro atoms. The molecule has 0 fully saturated rings. The van der Waals surface area contributed by atoms with Gasteiger partial charge in [0.15, 0.2) is 5.03 Å². The molecule has 0 radical (unpaired) electrons. The van der Waals surface area contributed by atoms with E-state index in [0.29, 0.717) is 29.4 Å². The number of anilines is 1. The van der Waals surface area contributed by atoms with Gasteiger partial charge in [0, 0.05) is 17.8 Å². The van der Waals surface area contributed by atoms with Gasteiger partial charge < -0.3 is 9.64 Å². The van der Waals surface area contributed by atoms with Crippen molar-refractivity contribution in [1.29, 1.82) is 5.26 Å². The van der Waals surface area contributed by atoms with Crippen molar-refractivity contribution in [2.24, 2.45) is 0 Å². The molecule has 4 rings (SSSR count). The van der Waals surface area contributed by atoms with Crippen LogP contribution in [0.1, 0.15) is 35.5 Å². The van der Waals surface area contributed by atoms with Crippen molar-refractivity contribution in [3.05, 3.63) is 65.4 Å². The van der Waals surface area contributed by atoms with Crippen molar-refractivity contribution in [3.8, 4) is 17.5 Å². The SMILES string of the molecule is COOSc1nn(-c2ccc(OC)cc2)c2c1CCN(c1ccc(C(C)(C)C#N)cc1)C2=O. The van der Waals surface area contributed by atoms with Crippen molar-refractivity contribution < 1.29 is 18.8 Å². The summed E-state index contributed by atoms with van der Waals surface area (Å²) in [6, 6.07) is 17.2. The summed E-state index contributed by atoms with van der Waals surface area (Å²) in [5.74, 6) is 0.557. The highest BCUT2D eigenvalue weighted by molar-refractivity contribution is 7.94. The molecule has 0 saturated carbocycles. The number of aromatic nitrogens is 2. The van der Waals surface area contributed by atoms with Crippen molar-refractivity contribution in [2.45, 2.75) is 30.7 Å². The molecule has 0 unspecified atom stereocenters. The van der Waals surface area contributed by atoms with Crippen LogP contribution in [0.5, 0.6) is 5.75 Å². The van der Waals surface area contributed by atoms with E-state index in [9.17, 15) is 10.1 Å². The van der Waals surface area contributed by atoms with Crippen LogP contribution >= 0.6 is 12.0 Å². The Morgan fingerprint density at radius 1 is 1.06 bits per heavy atom. The molecule has 0 atom stereocenters. The molecule has 3 aromatic rings. The second kappa shape index (κ2) is 9.27. The Morgan fingerprint density at radius 3 is 2.33 bits per heavy atom. The second-order valence-electron chi connectivity index (χ2n) is 8.05. The van der Waals surface area contributed by atoms with E-state index < -0.39 is 5.41 Å². The van der Waals surface area contributed by atoms with Gasteiger partial charge in [-0.25, -0.2) is 9.57 Å². The molecular weight excluding hydrogens is 440 g/mol. The van der Waals surface area contributed by atoms with Crippen molar-refractivity contribution >= 4 is 23.6 Å². The minimum Gasteiger partial charge on any atom is -0.497 e. The number of carbonyl (C=O) groups is 1. The number of nitriles is 1. The number of nitrogens with zero attached hydrogens (tertiary/aromatic N) is 4. The highest BCUT2D eigenvalue weighted by atomic mass is 32.2. The number of fused-ring (bicyclic) bond motifs is 1. The zero-order chi connectivity index (χ0) is 23.6. The first-order chi connectivity index (χ1) is 15.9. The Balaban J connectivity index is 1.73. The van der Waals surface area contributed by atoms with Gasteiger partial charge in [-0.15, -0.1) is 0 Å². The van der Waals surface area contributed by atoms with Gasteiger partial charge in [-0.1, -0.05) is 12.1 Å². The van der Waals surface area contributed by atoms with Gasteiger partial charge in [0.25, 0.3) is 5.91 Å². The smallest absolute Gasteiger partial charge is 0.277 e. The van der Waals surface area contributed by atoms with Crippen LogP contribution in [-0.2, 0) is 21.1 Å². The molecule has 170 valence electrons. The Hall–Kier alpha value is -3.32. The van der Waals surface area contributed by atoms with Gasteiger partial charge in [-0.05, 0) is 62.2 Å². The average molecular weight is 465 g/mol. The first-order valence-electron chi connectivity index (χ1n) is 10.4. The largest absolute Gasteiger partial charge is 0.497 e. The molecule has 0 saturated heterocycles. The summed E-state index contributed by atoms with van der Waals surface area (Å²) >= 11 is 0.984. The fraction of sp³-hybridized carbons (Fsp3) is 0.292. The van der Waals surface area contributed by atoms with Gasteiger partial charge in [0.05, 0.1) is 43.4 Å². The summed E-state index contributed by atoms with van der Waals surface area (Å²) in [7, 11) is 3.02. The summed E-state index contributed by atoms with van der Waals surface area (Å²) in [5, 5.41) is 14.6. The van der Waals surface area contributed by atoms with Gasteiger partial charge in [0.2, 0.25) is 0 Å². The normalized spacial score (nSPS) is 13.5. The predicted octanol–water partition coefficient (Wildman–Crippen LogP) is 4.47. The maximum atomic E-state index is 13.7. The van der Waals surface area contributed by atoms with Gasteiger partial charge in [-0.2, -0.15) is 14.7 Å². The van der Waals surface area contributed by atoms with Gasteiger partial charge >= 0.3 is 0 Å². The molecule has 9 heteroatoms. The Labute approximate surface area is 196 Å². The van der Waals surface area contributed by atoms with E-state index in [1.807, 2.05) is 62.4 Å². The van der Waals surface area contributed by atoms with Crippen LogP contribution in [0.25, 0.3) is 5.69 Å². The first-order valence-corrected chi connectivity index (χ1v) is 11.1. The van der Waals surface area contributed by atoms with Gasteiger partial charge in [-0.3, -0.25) is 4.79 Å². The number of carbonyl (C=O) groups excluding carboxylic acids is 1. The fourth-order valence-corrected chi connectivity index (χ4v) is 4.29. The lowest BCUT2D eigenvalue weighted by atomic mass is 9.86. The summed E-state index contributed by atoms with van der Waals surface area (Å²) in [6.07, 6.45) is 0.609. The van der Waals surface area contributed by atoms with E-state index in [1.165, 1.54) is 7.11 Å². The minimum absolute atomic E-state index is 0.156. The van der Waals surface area contributed by atoms with Crippen LogP contribution in [-0.4, -0.2) is 36.5 Å². The van der Waals surface area contributed by atoms with Crippen LogP contribution < -0.4 is 9.64 Å². The number of hydrogen-bond donors (Lipinski definition) is 0. The zero-order valence-corrected chi connectivity index (χ0v) is 19.7. The molecule has 1 aliphatic rings. The Kier molecular flexibility index (Phi) is 6.42. The first kappa shape index (κ1) is 22.9. The predicted molar refractivity (Wildman–Crippen MR) is 125 cm³/mol. The Morgan fingerprint density at radius 2 is 1.73 bits per heavy atom. The van der Waals surface area contributed by atoms with E-state index in [4.69, 9.17) is 14.0 Å². The van der Waals surface area contributed by atoms with E-state index in [-0.39, 0.29) is 5.91 Å². The summed E-state index contributed by atoms with van der Waals surface area (Å²) < 4.78 is 11.9. The second-order valence-corrected chi connectivity index (χ2v) is 8.74. The van der Waals surface area contributed by atoms with Gasteiger partial charge in [0.1, 0.15) is 11.4 Å². The van der Waals surface area contributed by atoms with E-state index in [0.717, 1.165) is 34.5 Å². The molecule has 0 N–H and O–H groups in total. The topological polar surface area (TPSA) is 89.6 Å². The van der Waals surface area contributed by atoms with Crippen molar-refractivity contribution in [2.75, 3.05) is 25.7 Å². The Bertz CT molecular complexity index is 1200. The molecule has 0 bridgehead atoms. The number of amides is 1. The summed E-state index contributed by atoms with van der Waals surface area (Å²) in [6.45, 7) is 4.24. The van der Waals surface area contributed by atoms with E-state index >= 15 is 0 Å². The summed E-state index contributed by atoms with van der Waals surface area (Å²) in [5.41, 5.74) is 3.10. The number of rotatable bonds is 7. The third-order valence-corrected chi connectivity index (χ3v) is 6.35. The third-order valence-electron chi connectivity index (χ3n) is 5.66. The number of ether oxygens (including phenoxy) is 1. The molecule has 1 amide bonds. The molecular formula is C24H24N4O4S. The monoisotopic (exact) mass is 464 g/mol. The molecule has 0 aliphatic carbocycles. The molecule has 8 nitrogen and oxygen atoms in total. The molecule has 2 aromatic carbocycles. The van der Waals surface area contributed by atoms with Crippen LogP contribution in [0.15, 0.2) is 53.6 Å². The lowest BCUT2D eigenvalue weighted by Gasteiger charge is -2.28. The molecule has 1 aromatic heterocycles. The average Bonchev–Trinajstić information content (AvgIpc) is 3.22. The van der Waals surface area contributed by atoms with Crippen LogP contribution in [0.3, 0.4) is 0 Å². The van der Waals surface area contributed by atoms with Crippen LogP contribution in [0, 0.1) is 11.3 Å². The highest BCUT2D eigenvalue weighted by Crippen LogP contribution is 2.34. The number of methoxy groups -OCH3 is 1. The van der Waals surface area contributed by atoms with Crippen molar-refractivity contribution in [1.82, 2.24) is 9.78 Å².